The first kappa shape index (κ1) is 13.0. The van der Waals surface area contributed by atoms with E-state index in [0.717, 1.165) is 20.0 Å². The van der Waals surface area contributed by atoms with E-state index in [1.807, 2.05) is 12.1 Å². The van der Waals surface area contributed by atoms with Gasteiger partial charge >= 0.3 is 0 Å². The number of halogens is 1. The number of anilines is 1. The average molecular weight is 353 g/mol. The number of nitrogen functional groups attached to an aromatic ring is 1. The lowest BCUT2D eigenvalue weighted by Gasteiger charge is -2.02. The van der Waals surface area contributed by atoms with E-state index in [1.165, 1.54) is 17.4 Å². The van der Waals surface area contributed by atoms with Crippen molar-refractivity contribution in [2.45, 2.75) is 10.8 Å². The van der Waals surface area contributed by atoms with Gasteiger partial charge in [-0.2, -0.15) is 0 Å². The third kappa shape index (κ3) is 3.29. The van der Waals surface area contributed by atoms with Crippen molar-refractivity contribution in [1.29, 1.82) is 0 Å². The first-order valence-electron chi connectivity index (χ1n) is 4.55. The number of hydrogen-bond acceptors (Lipinski definition) is 5. The molecule has 0 bridgehead atoms. The van der Waals surface area contributed by atoms with Gasteiger partial charge in [0.25, 0.3) is 0 Å². The molecule has 0 radical (unpaired) electrons. The summed E-state index contributed by atoms with van der Waals surface area (Å²) in [6.45, 7) is 0.288. The highest BCUT2D eigenvalue weighted by atomic mass is 79.9. The van der Waals surface area contributed by atoms with Crippen molar-refractivity contribution in [2.75, 3.05) is 5.73 Å². The average Bonchev–Trinajstić information content (AvgIpc) is 2.85. The Bertz CT molecular complexity index is 618. The highest BCUT2D eigenvalue weighted by molar-refractivity contribution is 9.11. The fourth-order valence-electron chi connectivity index (χ4n) is 1.16. The molecule has 17 heavy (non-hydrogen) atoms. The van der Waals surface area contributed by atoms with Gasteiger partial charge in [-0.1, -0.05) is 0 Å². The van der Waals surface area contributed by atoms with E-state index in [2.05, 4.69) is 20.7 Å². The third-order valence-electron chi connectivity index (χ3n) is 1.93. The van der Waals surface area contributed by atoms with Crippen molar-refractivity contribution in [1.82, 2.24) is 4.72 Å². The second-order valence-corrected chi connectivity index (χ2v) is 8.68. The summed E-state index contributed by atoms with van der Waals surface area (Å²) in [5, 5.41) is 1.61. The van der Waals surface area contributed by atoms with Gasteiger partial charge in [0, 0.05) is 22.5 Å². The van der Waals surface area contributed by atoms with Crippen LogP contribution in [0.25, 0.3) is 0 Å². The Labute approximate surface area is 116 Å². The van der Waals surface area contributed by atoms with Gasteiger partial charge in [-0.15, -0.1) is 22.7 Å². The van der Waals surface area contributed by atoms with Crippen LogP contribution in [-0.2, 0) is 16.6 Å². The zero-order valence-corrected chi connectivity index (χ0v) is 12.5. The van der Waals surface area contributed by atoms with E-state index in [0.29, 0.717) is 5.69 Å². The molecule has 0 aromatic carbocycles. The second kappa shape index (κ2) is 5.07. The van der Waals surface area contributed by atoms with Gasteiger partial charge in [-0.3, -0.25) is 0 Å². The Morgan fingerprint density at radius 2 is 2.18 bits per heavy atom. The molecular formula is C9H9BrN2O2S3. The molecule has 0 aliphatic carbocycles. The number of hydrogen-bond donors (Lipinski definition) is 2. The van der Waals surface area contributed by atoms with Gasteiger partial charge < -0.3 is 5.73 Å². The highest BCUT2D eigenvalue weighted by Gasteiger charge is 2.16. The van der Waals surface area contributed by atoms with Crippen LogP contribution >= 0.6 is 38.6 Å². The summed E-state index contributed by atoms with van der Waals surface area (Å²) in [4.78, 5) is 0.949. The second-order valence-electron chi connectivity index (χ2n) is 3.23. The lowest BCUT2D eigenvalue weighted by molar-refractivity contribution is 0.584. The topological polar surface area (TPSA) is 72.2 Å². The minimum absolute atomic E-state index is 0.241. The van der Waals surface area contributed by atoms with Gasteiger partial charge in [-0.05, 0) is 34.1 Å². The van der Waals surface area contributed by atoms with Crippen LogP contribution in [0, 0.1) is 0 Å². The third-order valence-corrected chi connectivity index (χ3v) is 6.41. The van der Waals surface area contributed by atoms with Gasteiger partial charge in [-0.25, -0.2) is 13.1 Å². The lowest BCUT2D eigenvalue weighted by atomic mass is 10.5. The first-order chi connectivity index (χ1) is 7.97. The summed E-state index contributed by atoms with van der Waals surface area (Å²) in [6, 6.07) is 5.22. The quantitative estimate of drug-likeness (QED) is 0.888. The van der Waals surface area contributed by atoms with Crippen LogP contribution in [-0.4, -0.2) is 8.42 Å². The standard InChI is InChI=1S/C9H9BrN2O2S3/c10-8-2-1-7(16-8)4-12-17(13,14)9-3-6(11)5-15-9/h1-3,5,12H,4,11H2. The van der Waals surface area contributed by atoms with Crippen LogP contribution < -0.4 is 10.5 Å². The van der Waals surface area contributed by atoms with Crippen molar-refractivity contribution in [3.63, 3.8) is 0 Å². The van der Waals surface area contributed by atoms with Gasteiger partial charge in [0.1, 0.15) is 4.21 Å². The molecule has 0 amide bonds. The first-order valence-corrected chi connectivity index (χ1v) is 8.52. The van der Waals surface area contributed by atoms with Crippen LogP contribution in [0.3, 0.4) is 0 Å². The zero-order valence-electron chi connectivity index (χ0n) is 8.51. The number of nitrogens with two attached hydrogens (primary N) is 1. The van der Waals surface area contributed by atoms with E-state index in [4.69, 9.17) is 5.73 Å². The molecule has 0 spiro atoms. The van der Waals surface area contributed by atoms with Crippen molar-refractivity contribution < 1.29 is 8.42 Å². The predicted octanol–water partition coefficient (Wildman–Crippen LogP) is 2.63. The molecule has 0 fully saturated rings. The van der Waals surface area contributed by atoms with Crippen molar-refractivity contribution >= 4 is 54.3 Å². The molecule has 0 unspecified atom stereocenters. The predicted molar refractivity (Wildman–Crippen MR) is 74.8 cm³/mol. The fraction of sp³-hybridized carbons (Fsp3) is 0.111. The van der Waals surface area contributed by atoms with Gasteiger partial charge in [0.15, 0.2) is 0 Å². The molecule has 92 valence electrons. The van der Waals surface area contributed by atoms with Crippen LogP contribution in [0.1, 0.15) is 4.88 Å². The summed E-state index contributed by atoms with van der Waals surface area (Å²) >= 11 is 5.94. The lowest BCUT2D eigenvalue weighted by Crippen LogP contribution is -2.21. The maximum absolute atomic E-state index is 11.9. The SMILES string of the molecule is Nc1csc(S(=O)(=O)NCc2ccc(Br)s2)c1. The Hall–Kier alpha value is -0.410. The summed E-state index contributed by atoms with van der Waals surface area (Å²) in [5.41, 5.74) is 5.97. The molecule has 0 atom stereocenters. The van der Waals surface area contributed by atoms with Gasteiger partial charge in [0.05, 0.1) is 3.79 Å². The van der Waals surface area contributed by atoms with Crippen LogP contribution in [0.15, 0.2) is 31.6 Å². The van der Waals surface area contributed by atoms with E-state index in [1.54, 1.807) is 5.38 Å². The molecule has 0 aliphatic rings. The molecule has 2 aromatic rings. The summed E-state index contributed by atoms with van der Waals surface area (Å²) in [7, 11) is -3.45. The number of nitrogens with one attached hydrogen (secondary N) is 1. The maximum atomic E-state index is 11.9. The van der Waals surface area contributed by atoms with Crippen molar-refractivity contribution in [2.24, 2.45) is 0 Å². The summed E-state index contributed by atoms with van der Waals surface area (Å²) in [6.07, 6.45) is 0. The Balaban J connectivity index is 2.08. The fourth-order valence-corrected chi connectivity index (χ4v) is 4.80. The van der Waals surface area contributed by atoms with Crippen molar-refractivity contribution in [3.05, 3.63) is 32.2 Å². The van der Waals surface area contributed by atoms with E-state index in [9.17, 15) is 8.42 Å². The molecular weight excluding hydrogens is 344 g/mol. The number of sulfonamides is 1. The molecule has 3 N–H and O–H groups in total. The van der Waals surface area contributed by atoms with Crippen LogP contribution in [0.2, 0.25) is 0 Å². The Morgan fingerprint density at radius 1 is 1.41 bits per heavy atom. The minimum Gasteiger partial charge on any atom is -0.398 e. The largest absolute Gasteiger partial charge is 0.398 e. The van der Waals surface area contributed by atoms with Gasteiger partial charge in [0.2, 0.25) is 10.0 Å². The highest BCUT2D eigenvalue weighted by Crippen LogP contribution is 2.24. The molecule has 2 heterocycles. The van der Waals surface area contributed by atoms with Crippen LogP contribution in [0.4, 0.5) is 5.69 Å². The molecule has 4 nitrogen and oxygen atoms in total. The zero-order chi connectivity index (χ0) is 12.5. The number of rotatable bonds is 4. The number of thiophene rings is 2. The maximum Gasteiger partial charge on any atom is 0.250 e. The normalized spacial score (nSPS) is 11.8. The van der Waals surface area contributed by atoms with Crippen LogP contribution in [0.5, 0.6) is 0 Å². The summed E-state index contributed by atoms with van der Waals surface area (Å²) in [5.74, 6) is 0. The minimum atomic E-state index is -3.45. The monoisotopic (exact) mass is 352 g/mol. The molecule has 0 aliphatic heterocycles. The molecule has 8 heteroatoms. The molecule has 0 saturated heterocycles. The Kier molecular flexibility index (Phi) is 3.88. The van der Waals surface area contributed by atoms with E-state index >= 15 is 0 Å². The molecule has 0 saturated carbocycles. The molecule has 2 rings (SSSR count). The summed E-state index contributed by atoms with van der Waals surface area (Å²) < 4.78 is 27.5. The van der Waals surface area contributed by atoms with E-state index in [-0.39, 0.29) is 10.8 Å². The Morgan fingerprint density at radius 3 is 2.71 bits per heavy atom. The molecule has 2 aromatic heterocycles. The van der Waals surface area contributed by atoms with Crippen molar-refractivity contribution in [3.8, 4) is 0 Å². The smallest absolute Gasteiger partial charge is 0.250 e. The van der Waals surface area contributed by atoms with E-state index < -0.39 is 10.0 Å².